The van der Waals surface area contributed by atoms with E-state index < -0.39 is 11.7 Å². The summed E-state index contributed by atoms with van der Waals surface area (Å²) >= 11 is 5.66. The van der Waals surface area contributed by atoms with Gasteiger partial charge in [0.05, 0.1) is 5.56 Å². The summed E-state index contributed by atoms with van der Waals surface area (Å²) in [5.74, 6) is -1.09. The first-order chi connectivity index (χ1) is 11.4. The van der Waals surface area contributed by atoms with Crippen molar-refractivity contribution >= 4 is 29.1 Å². The number of amides is 2. The van der Waals surface area contributed by atoms with E-state index in [1.165, 1.54) is 12.1 Å². The smallest absolute Gasteiger partial charge is 0.258 e. The summed E-state index contributed by atoms with van der Waals surface area (Å²) in [6.45, 7) is 4.61. The van der Waals surface area contributed by atoms with Gasteiger partial charge >= 0.3 is 0 Å². The molecule has 2 N–H and O–H groups in total. The van der Waals surface area contributed by atoms with E-state index in [0.717, 1.165) is 6.07 Å². The average molecular weight is 349 g/mol. The van der Waals surface area contributed by atoms with Crippen molar-refractivity contribution in [1.29, 1.82) is 0 Å². The van der Waals surface area contributed by atoms with Gasteiger partial charge in [0, 0.05) is 22.8 Å². The molecule has 0 aliphatic heterocycles. The third kappa shape index (κ3) is 4.80. The zero-order valence-electron chi connectivity index (χ0n) is 13.4. The van der Waals surface area contributed by atoms with Gasteiger partial charge < -0.3 is 10.6 Å². The number of anilines is 1. The van der Waals surface area contributed by atoms with Crippen LogP contribution in [0.25, 0.3) is 0 Å². The molecule has 2 rings (SSSR count). The van der Waals surface area contributed by atoms with Gasteiger partial charge in [-0.25, -0.2) is 4.39 Å². The minimum Gasteiger partial charge on any atom is -0.352 e. The molecule has 126 valence electrons. The summed E-state index contributed by atoms with van der Waals surface area (Å²) < 4.78 is 13.7. The largest absolute Gasteiger partial charge is 0.352 e. The number of benzene rings is 2. The highest BCUT2D eigenvalue weighted by molar-refractivity contribution is 6.30. The van der Waals surface area contributed by atoms with Crippen LogP contribution in [0, 0.1) is 11.7 Å². The minimum atomic E-state index is -0.690. The highest BCUT2D eigenvalue weighted by atomic mass is 35.5. The molecule has 2 aromatic rings. The van der Waals surface area contributed by atoms with Crippen molar-refractivity contribution in [3.8, 4) is 0 Å². The molecule has 0 aliphatic rings. The summed E-state index contributed by atoms with van der Waals surface area (Å²) in [5, 5.41) is 5.61. The molecular weight excluding hydrogens is 331 g/mol. The van der Waals surface area contributed by atoms with Crippen LogP contribution < -0.4 is 10.6 Å². The van der Waals surface area contributed by atoms with Gasteiger partial charge in [-0.3, -0.25) is 9.59 Å². The Kier molecular flexibility index (Phi) is 5.93. The lowest BCUT2D eigenvalue weighted by molar-refractivity contribution is 0.0948. The van der Waals surface area contributed by atoms with E-state index in [9.17, 15) is 14.0 Å². The maximum atomic E-state index is 13.7. The van der Waals surface area contributed by atoms with Gasteiger partial charge in [-0.05, 0) is 48.4 Å². The fourth-order valence-corrected chi connectivity index (χ4v) is 2.13. The SMILES string of the molecule is CC(C)CNC(=O)c1ccc(NC(=O)c2ccc(Cl)cc2F)cc1. The van der Waals surface area contributed by atoms with Crippen molar-refractivity contribution in [2.75, 3.05) is 11.9 Å². The van der Waals surface area contributed by atoms with Crippen LogP contribution in [0.2, 0.25) is 5.02 Å². The Morgan fingerprint density at radius 2 is 1.75 bits per heavy atom. The lowest BCUT2D eigenvalue weighted by Gasteiger charge is -2.09. The molecule has 24 heavy (non-hydrogen) atoms. The van der Waals surface area contributed by atoms with E-state index in [1.807, 2.05) is 13.8 Å². The van der Waals surface area contributed by atoms with E-state index in [4.69, 9.17) is 11.6 Å². The Balaban J connectivity index is 2.03. The van der Waals surface area contributed by atoms with Crippen LogP contribution in [0.5, 0.6) is 0 Å². The van der Waals surface area contributed by atoms with Crippen molar-refractivity contribution in [3.63, 3.8) is 0 Å². The van der Waals surface area contributed by atoms with Crippen molar-refractivity contribution in [3.05, 3.63) is 64.4 Å². The maximum Gasteiger partial charge on any atom is 0.258 e. The molecule has 0 unspecified atom stereocenters. The van der Waals surface area contributed by atoms with E-state index >= 15 is 0 Å². The van der Waals surface area contributed by atoms with Gasteiger partial charge in [-0.15, -0.1) is 0 Å². The second-order valence-corrected chi connectivity index (χ2v) is 6.20. The highest BCUT2D eigenvalue weighted by Gasteiger charge is 2.13. The molecule has 0 atom stereocenters. The molecule has 0 fully saturated rings. The first-order valence-corrected chi connectivity index (χ1v) is 7.89. The van der Waals surface area contributed by atoms with Crippen LogP contribution in [0.1, 0.15) is 34.6 Å². The lowest BCUT2D eigenvalue weighted by Crippen LogP contribution is -2.27. The van der Waals surface area contributed by atoms with Crippen LogP contribution >= 0.6 is 11.6 Å². The van der Waals surface area contributed by atoms with Crippen molar-refractivity contribution in [2.24, 2.45) is 5.92 Å². The van der Waals surface area contributed by atoms with E-state index in [1.54, 1.807) is 24.3 Å². The molecule has 6 heteroatoms. The molecule has 0 radical (unpaired) electrons. The normalized spacial score (nSPS) is 10.5. The summed E-state index contributed by atoms with van der Waals surface area (Å²) in [4.78, 5) is 24.0. The van der Waals surface area contributed by atoms with Gasteiger partial charge in [-0.1, -0.05) is 25.4 Å². The van der Waals surface area contributed by atoms with Crippen LogP contribution in [0.3, 0.4) is 0 Å². The number of hydrogen-bond acceptors (Lipinski definition) is 2. The van der Waals surface area contributed by atoms with Gasteiger partial charge in [-0.2, -0.15) is 0 Å². The van der Waals surface area contributed by atoms with Gasteiger partial charge in [0.15, 0.2) is 0 Å². The van der Waals surface area contributed by atoms with Crippen LogP contribution in [-0.4, -0.2) is 18.4 Å². The molecule has 0 aliphatic carbocycles. The Labute approximate surface area is 145 Å². The van der Waals surface area contributed by atoms with Crippen molar-refractivity contribution in [1.82, 2.24) is 5.32 Å². The van der Waals surface area contributed by atoms with Crippen molar-refractivity contribution in [2.45, 2.75) is 13.8 Å². The van der Waals surface area contributed by atoms with Crippen LogP contribution in [-0.2, 0) is 0 Å². The second kappa shape index (κ2) is 7.93. The molecular formula is C18H18ClFN2O2. The third-order valence-corrected chi connectivity index (χ3v) is 3.49. The predicted octanol–water partition coefficient (Wildman–Crippen LogP) is 4.12. The molecule has 4 nitrogen and oxygen atoms in total. The minimum absolute atomic E-state index is 0.0989. The third-order valence-electron chi connectivity index (χ3n) is 3.25. The monoisotopic (exact) mass is 348 g/mol. The fourth-order valence-electron chi connectivity index (χ4n) is 1.98. The molecule has 0 aromatic heterocycles. The molecule has 2 aromatic carbocycles. The number of carbonyl (C=O) groups is 2. The number of rotatable bonds is 5. The van der Waals surface area contributed by atoms with Gasteiger partial charge in [0.25, 0.3) is 11.8 Å². The molecule has 0 saturated carbocycles. The lowest BCUT2D eigenvalue weighted by atomic mass is 10.1. The van der Waals surface area contributed by atoms with Crippen molar-refractivity contribution < 1.29 is 14.0 Å². The summed E-state index contributed by atoms with van der Waals surface area (Å²) in [6.07, 6.45) is 0. The molecule has 0 spiro atoms. The summed E-state index contributed by atoms with van der Waals surface area (Å²) in [7, 11) is 0. The fraction of sp³-hybridized carbons (Fsp3) is 0.222. The topological polar surface area (TPSA) is 58.2 Å². The highest BCUT2D eigenvalue weighted by Crippen LogP contribution is 2.17. The summed E-state index contributed by atoms with van der Waals surface area (Å²) in [5.41, 5.74) is 0.860. The van der Waals surface area contributed by atoms with Crippen LogP contribution in [0.15, 0.2) is 42.5 Å². The predicted molar refractivity (Wildman–Crippen MR) is 93.0 cm³/mol. The Bertz CT molecular complexity index is 745. The quantitative estimate of drug-likeness (QED) is 0.854. The second-order valence-electron chi connectivity index (χ2n) is 5.76. The zero-order chi connectivity index (χ0) is 17.7. The molecule has 0 heterocycles. The van der Waals surface area contributed by atoms with Crippen LogP contribution in [0.4, 0.5) is 10.1 Å². The van der Waals surface area contributed by atoms with E-state index in [2.05, 4.69) is 10.6 Å². The average Bonchev–Trinajstić information content (AvgIpc) is 2.53. The Morgan fingerprint density at radius 1 is 1.08 bits per heavy atom. The number of carbonyl (C=O) groups excluding carboxylic acids is 2. The number of nitrogens with one attached hydrogen (secondary N) is 2. The Morgan fingerprint density at radius 3 is 2.33 bits per heavy atom. The molecule has 0 bridgehead atoms. The Hall–Kier alpha value is -2.40. The zero-order valence-corrected chi connectivity index (χ0v) is 14.2. The van der Waals surface area contributed by atoms with E-state index in [0.29, 0.717) is 23.7 Å². The first kappa shape index (κ1) is 17.9. The maximum absolute atomic E-state index is 13.7. The molecule has 2 amide bonds. The number of hydrogen-bond donors (Lipinski definition) is 2. The summed E-state index contributed by atoms with van der Waals surface area (Å²) in [6, 6.07) is 10.2. The first-order valence-electron chi connectivity index (χ1n) is 7.51. The standard InChI is InChI=1S/C18H18ClFN2O2/c1-11(2)10-21-17(23)12-3-6-14(7-4-12)22-18(24)15-8-5-13(19)9-16(15)20/h3-9,11H,10H2,1-2H3,(H,21,23)(H,22,24). The number of halogens is 2. The van der Waals surface area contributed by atoms with E-state index in [-0.39, 0.29) is 16.5 Å². The molecule has 0 saturated heterocycles. The van der Waals surface area contributed by atoms with Gasteiger partial charge in [0.2, 0.25) is 0 Å². The van der Waals surface area contributed by atoms with Gasteiger partial charge in [0.1, 0.15) is 5.82 Å².